The first-order chi connectivity index (χ1) is 6.07. The summed E-state index contributed by atoms with van der Waals surface area (Å²) >= 11 is 0. The van der Waals surface area contributed by atoms with E-state index in [1.165, 1.54) is 0 Å². The van der Waals surface area contributed by atoms with E-state index in [9.17, 15) is 14.0 Å². The van der Waals surface area contributed by atoms with Gasteiger partial charge in [0.25, 0.3) is 5.43 Å². The third-order valence-electron chi connectivity index (χ3n) is 1.39. The van der Waals surface area contributed by atoms with Crippen LogP contribution in [0.15, 0.2) is 11.0 Å². The summed E-state index contributed by atoms with van der Waals surface area (Å²) in [6, 6.07) is 0. The molecule has 0 aromatic carbocycles. The predicted molar refractivity (Wildman–Crippen MR) is 40.0 cm³/mol. The van der Waals surface area contributed by atoms with E-state index < -0.39 is 28.7 Å². The minimum Gasteiger partial charge on any atom is -0.503 e. The molecule has 0 atom stereocenters. The summed E-state index contributed by atoms with van der Waals surface area (Å²) in [4.78, 5) is 23.6. The first-order valence-electron chi connectivity index (χ1n) is 3.26. The molecular formula is C7H6FNO4. The molecule has 0 saturated carbocycles. The first-order valence-corrected chi connectivity index (χ1v) is 3.26. The highest BCUT2D eigenvalue weighted by molar-refractivity contribution is 5.87. The molecule has 2 N–H and O–H groups in total. The molecule has 0 aliphatic rings. The van der Waals surface area contributed by atoms with Crippen LogP contribution in [0.25, 0.3) is 0 Å². The van der Waals surface area contributed by atoms with E-state index in [0.29, 0.717) is 0 Å². The van der Waals surface area contributed by atoms with Gasteiger partial charge in [-0.1, -0.05) is 0 Å². The SMILES string of the molecule is COC(=O)c1[nH]cc(O)c(=O)c1F. The summed E-state index contributed by atoms with van der Waals surface area (Å²) in [6.07, 6.45) is 0.817. The number of H-pyrrole nitrogens is 1. The van der Waals surface area contributed by atoms with E-state index in [1.807, 2.05) is 0 Å². The monoisotopic (exact) mass is 187 g/mol. The predicted octanol–water partition coefficient (Wildman–Crippen LogP) is 0.00620. The zero-order chi connectivity index (χ0) is 10.0. The van der Waals surface area contributed by atoms with Crippen molar-refractivity contribution in [3.63, 3.8) is 0 Å². The minimum absolute atomic E-state index is 0.606. The van der Waals surface area contributed by atoms with Gasteiger partial charge in [-0.05, 0) is 0 Å². The van der Waals surface area contributed by atoms with Crippen LogP contribution in [0.5, 0.6) is 5.75 Å². The lowest BCUT2D eigenvalue weighted by Gasteiger charge is -2.00. The van der Waals surface area contributed by atoms with Gasteiger partial charge in [0, 0.05) is 6.20 Å². The van der Waals surface area contributed by atoms with Crippen molar-refractivity contribution in [1.29, 1.82) is 0 Å². The number of aromatic nitrogens is 1. The summed E-state index contributed by atoms with van der Waals surface area (Å²) in [5.74, 6) is -3.15. The molecule has 70 valence electrons. The molecule has 1 aromatic rings. The number of pyridine rings is 1. The third-order valence-corrected chi connectivity index (χ3v) is 1.39. The Morgan fingerprint density at radius 3 is 2.85 bits per heavy atom. The molecule has 1 heterocycles. The highest BCUT2D eigenvalue weighted by Crippen LogP contribution is 2.05. The maximum Gasteiger partial charge on any atom is 0.357 e. The maximum absolute atomic E-state index is 12.9. The number of rotatable bonds is 1. The Kier molecular flexibility index (Phi) is 2.32. The lowest BCUT2D eigenvalue weighted by molar-refractivity contribution is 0.0588. The van der Waals surface area contributed by atoms with Gasteiger partial charge in [-0.15, -0.1) is 0 Å². The Morgan fingerprint density at radius 1 is 1.69 bits per heavy atom. The van der Waals surface area contributed by atoms with E-state index >= 15 is 0 Å². The van der Waals surface area contributed by atoms with Crippen molar-refractivity contribution in [2.45, 2.75) is 0 Å². The molecule has 0 aliphatic carbocycles. The van der Waals surface area contributed by atoms with Crippen molar-refractivity contribution in [3.8, 4) is 5.75 Å². The molecule has 0 fully saturated rings. The summed E-state index contributed by atoms with van der Waals surface area (Å²) in [5.41, 5.74) is -1.84. The topological polar surface area (TPSA) is 79.4 Å². The van der Waals surface area contributed by atoms with E-state index in [1.54, 1.807) is 0 Å². The third kappa shape index (κ3) is 1.51. The molecule has 1 aromatic heterocycles. The van der Waals surface area contributed by atoms with Gasteiger partial charge in [0.05, 0.1) is 7.11 Å². The van der Waals surface area contributed by atoms with Gasteiger partial charge in [0.15, 0.2) is 11.4 Å². The smallest absolute Gasteiger partial charge is 0.357 e. The van der Waals surface area contributed by atoms with Crippen molar-refractivity contribution in [2.24, 2.45) is 0 Å². The van der Waals surface area contributed by atoms with Crippen LogP contribution in [-0.2, 0) is 4.74 Å². The number of hydrogen-bond donors (Lipinski definition) is 2. The molecule has 0 amide bonds. The van der Waals surface area contributed by atoms with E-state index in [0.717, 1.165) is 13.3 Å². The largest absolute Gasteiger partial charge is 0.503 e. The van der Waals surface area contributed by atoms with Gasteiger partial charge >= 0.3 is 5.97 Å². The molecule has 0 unspecified atom stereocenters. The zero-order valence-corrected chi connectivity index (χ0v) is 6.63. The highest BCUT2D eigenvalue weighted by Gasteiger charge is 2.17. The molecule has 0 aliphatic heterocycles. The Morgan fingerprint density at radius 2 is 2.31 bits per heavy atom. The van der Waals surface area contributed by atoms with Crippen LogP contribution in [0, 0.1) is 5.82 Å². The molecule has 0 spiro atoms. The fourth-order valence-corrected chi connectivity index (χ4v) is 0.746. The second-order valence-corrected chi connectivity index (χ2v) is 2.18. The van der Waals surface area contributed by atoms with Crippen LogP contribution >= 0.6 is 0 Å². The number of methoxy groups -OCH3 is 1. The van der Waals surface area contributed by atoms with Crippen LogP contribution in [0.4, 0.5) is 4.39 Å². The van der Waals surface area contributed by atoms with Gasteiger partial charge in [0.1, 0.15) is 0 Å². The average Bonchev–Trinajstić information content (AvgIpc) is 2.13. The molecule has 13 heavy (non-hydrogen) atoms. The molecule has 5 nitrogen and oxygen atoms in total. The number of carbonyl (C=O) groups is 1. The normalized spacial score (nSPS) is 9.69. The van der Waals surface area contributed by atoms with Gasteiger partial charge < -0.3 is 14.8 Å². The van der Waals surface area contributed by atoms with Crippen LogP contribution in [0.1, 0.15) is 10.5 Å². The quantitative estimate of drug-likeness (QED) is 0.607. The number of esters is 1. The second kappa shape index (κ2) is 3.26. The van der Waals surface area contributed by atoms with Crippen molar-refractivity contribution in [1.82, 2.24) is 4.98 Å². The molecule has 0 radical (unpaired) electrons. The van der Waals surface area contributed by atoms with Crippen molar-refractivity contribution < 1.29 is 19.0 Å². The fourth-order valence-electron chi connectivity index (χ4n) is 0.746. The number of aromatic hydroxyl groups is 1. The number of ether oxygens (including phenoxy) is 1. The van der Waals surface area contributed by atoms with E-state index in [-0.39, 0.29) is 0 Å². The lowest BCUT2D eigenvalue weighted by atomic mass is 10.3. The first kappa shape index (κ1) is 9.24. The number of nitrogens with one attached hydrogen (secondary N) is 1. The molecule has 0 bridgehead atoms. The van der Waals surface area contributed by atoms with E-state index in [2.05, 4.69) is 9.72 Å². The summed E-state index contributed by atoms with van der Waals surface area (Å²) in [6.45, 7) is 0. The summed E-state index contributed by atoms with van der Waals surface area (Å²) in [7, 11) is 1.05. The van der Waals surface area contributed by atoms with Crippen LogP contribution in [0.2, 0.25) is 0 Å². The Hall–Kier alpha value is -1.85. The van der Waals surface area contributed by atoms with Crippen molar-refractivity contribution in [3.05, 3.63) is 27.9 Å². The standard InChI is InChI=1S/C7H6FNO4/c1-13-7(12)5-4(8)6(11)3(10)2-9-5/h2,10H,1H3,(H,9,11). The lowest BCUT2D eigenvalue weighted by Crippen LogP contribution is -2.16. The molecule has 0 saturated heterocycles. The van der Waals surface area contributed by atoms with Gasteiger partial charge in [0.2, 0.25) is 5.82 Å². The maximum atomic E-state index is 12.9. The number of hydrogen-bond acceptors (Lipinski definition) is 4. The number of halogens is 1. The van der Waals surface area contributed by atoms with Gasteiger partial charge in [-0.2, -0.15) is 4.39 Å². The summed E-state index contributed by atoms with van der Waals surface area (Å²) in [5, 5.41) is 8.74. The zero-order valence-electron chi connectivity index (χ0n) is 6.63. The molecule has 1 rings (SSSR count). The second-order valence-electron chi connectivity index (χ2n) is 2.18. The van der Waals surface area contributed by atoms with Gasteiger partial charge in [-0.25, -0.2) is 4.79 Å². The Labute approximate surface area is 71.8 Å². The molecule has 6 heteroatoms. The summed E-state index contributed by atoms with van der Waals surface area (Å²) < 4.78 is 17.1. The average molecular weight is 187 g/mol. The van der Waals surface area contributed by atoms with Crippen LogP contribution in [0.3, 0.4) is 0 Å². The Bertz CT molecular complexity index is 398. The van der Waals surface area contributed by atoms with E-state index in [4.69, 9.17) is 5.11 Å². The minimum atomic E-state index is -1.35. The highest BCUT2D eigenvalue weighted by atomic mass is 19.1. The van der Waals surface area contributed by atoms with Crippen molar-refractivity contribution >= 4 is 5.97 Å². The Balaban J connectivity index is 3.35. The van der Waals surface area contributed by atoms with Crippen molar-refractivity contribution in [2.75, 3.05) is 7.11 Å². The van der Waals surface area contributed by atoms with Crippen LogP contribution in [-0.4, -0.2) is 23.2 Å². The number of aromatic amines is 1. The molecular weight excluding hydrogens is 181 g/mol. The van der Waals surface area contributed by atoms with Gasteiger partial charge in [-0.3, -0.25) is 4.79 Å². The number of carbonyl (C=O) groups excluding carboxylic acids is 1. The fraction of sp³-hybridized carbons (Fsp3) is 0.143. The van der Waals surface area contributed by atoms with Crippen LogP contribution < -0.4 is 5.43 Å².